The van der Waals surface area contributed by atoms with E-state index in [9.17, 15) is 4.79 Å². The second-order valence-electron chi connectivity index (χ2n) is 5.47. The molecule has 1 N–H and O–H groups in total. The fourth-order valence-corrected chi connectivity index (χ4v) is 2.66. The van der Waals surface area contributed by atoms with Gasteiger partial charge in [-0.3, -0.25) is 4.79 Å². The van der Waals surface area contributed by atoms with Gasteiger partial charge in [0.15, 0.2) is 0 Å². The van der Waals surface area contributed by atoms with E-state index in [1.165, 1.54) is 0 Å². The van der Waals surface area contributed by atoms with E-state index < -0.39 is 0 Å². The highest BCUT2D eigenvalue weighted by Crippen LogP contribution is 2.35. The van der Waals surface area contributed by atoms with Gasteiger partial charge in [0.1, 0.15) is 0 Å². The molecule has 2 rings (SSSR count). The zero-order valence-electron chi connectivity index (χ0n) is 12.6. The van der Waals surface area contributed by atoms with Gasteiger partial charge in [0.05, 0.1) is 6.04 Å². The fourth-order valence-electron chi connectivity index (χ4n) is 2.54. The van der Waals surface area contributed by atoms with Crippen LogP contribution in [-0.2, 0) is 4.79 Å². The minimum atomic E-state index is 0. The van der Waals surface area contributed by atoms with Crippen molar-refractivity contribution in [1.29, 1.82) is 0 Å². The van der Waals surface area contributed by atoms with Crippen molar-refractivity contribution in [2.75, 3.05) is 13.6 Å². The van der Waals surface area contributed by atoms with Gasteiger partial charge in [-0.2, -0.15) is 0 Å². The Balaban J connectivity index is 0.00000220. The Morgan fingerprint density at radius 2 is 2.00 bits per heavy atom. The maximum absolute atomic E-state index is 12.5. The van der Waals surface area contributed by atoms with E-state index in [4.69, 9.17) is 11.6 Å². The lowest BCUT2D eigenvalue weighted by atomic mass is 10.1. The highest BCUT2D eigenvalue weighted by molar-refractivity contribution is 6.30. The van der Waals surface area contributed by atoms with Gasteiger partial charge in [-0.15, -0.1) is 12.4 Å². The Labute approximate surface area is 138 Å². The number of nitrogens with zero attached hydrogens (tertiary/aromatic N) is 1. The second-order valence-corrected chi connectivity index (χ2v) is 5.90. The van der Waals surface area contributed by atoms with Crippen LogP contribution < -0.4 is 5.32 Å². The minimum Gasteiger partial charge on any atom is -0.333 e. The SMILES string of the molecule is CNCCCC(=O)N(C1CC1)C(C)c1ccc(Cl)cc1.Cl. The highest BCUT2D eigenvalue weighted by Gasteiger charge is 2.35. The van der Waals surface area contributed by atoms with E-state index in [2.05, 4.69) is 17.1 Å². The average molecular weight is 331 g/mol. The summed E-state index contributed by atoms with van der Waals surface area (Å²) in [5.74, 6) is 0.269. The Morgan fingerprint density at radius 3 is 2.52 bits per heavy atom. The van der Waals surface area contributed by atoms with Gasteiger partial charge in [0.25, 0.3) is 0 Å². The smallest absolute Gasteiger partial charge is 0.223 e. The summed E-state index contributed by atoms with van der Waals surface area (Å²) in [5.41, 5.74) is 1.16. The van der Waals surface area contributed by atoms with Crippen molar-refractivity contribution in [3.05, 3.63) is 34.9 Å². The molecule has 118 valence electrons. The summed E-state index contributed by atoms with van der Waals surface area (Å²) in [6.45, 7) is 3.00. The lowest BCUT2D eigenvalue weighted by Gasteiger charge is -2.30. The van der Waals surface area contributed by atoms with Gasteiger partial charge in [0.2, 0.25) is 5.91 Å². The largest absolute Gasteiger partial charge is 0.333 e. The zero-order valence-corrected chi connectivity index (χ0v) is 14.2. The summed E-state index contributed by atoms with van der Waals surface area (Å²) < 4.78 is 0. The predicted octanol–water partition coefficient (Wildman–Crippen LogP) is 3.81. The molecule has 1 amide bonds. The molecule has 1 aromatic carbocycles. The number of benzene rings is 1. The van der Waals surface area contributed by atoms with Gasteiger partial charge >= 0.3 is 0 Å². The van der Waals surface area contributed by atoms with Crippen LogP contribution in [0.15, 0.2) is 24.3 Å². The van der Waals surface area contributed by atoms with Crippen molar-refractivity contribution in [1.82, 2.24) is 10.2 Å². The number of amides is 1. The lowest BCUT2D eigenvalue weighted by Crippen LogP contribution is -2.35. The van der Waals surface area contributed by atoms with Crippen LogP contribution in [0, 0.1) is 0 Å². The fraction of sp³-hybridized carbons (Fsp3) is 0.562. The maximum atomic E-state index is 12.5. The van der Waals surface area contributed by atoms with Crippen LogP contribution in [-0.4, -0.2) is 30.4 Å². The van der Waals surface area contributed by atoms with Gasteiger partial charge < -0.3 is 10.2 Å². The molecule has 1 fully saturated rings. The molecule has 3 nitrogen and oxygen atoms in total. The number of rotatable bonds is 7. The number of halogens is 2. The van der Waals surface area contributed by atoms with E-state index in [-0.39, 0.29) is 24.4 Å². The van der Waals surface area contributed by atoms with Crippen LogP contribution in [0.3, 0.4) is 0 Å². The highest BCUT2D eigenvalue weighted by atomic mass is 35.5. The van der Waals surface area contributed by atoms with Gasteiger partial charge in [-0.1, -0.05) is 23.7 Å². The van der Waals surface area contributed by atoms with E-state index in [0.29, 0.717) is 12.5 Å². The normalized spacial score (nSPS) is 15.2. The van der Waals surface area contributed by atoms with Crippen molar-refractivity contribution in [2.45, 2.75) is 44.7 Å². The van der Waals surface area contributed by atoms with Gasteiger partial charge in [-0.05, 0) is 57.5 Å². The molecule has 0 heterocycles. The molecule has 1 atom stereocenters. The molecule has 0 radical (unpaired) electrons. The zero-order chi connectivity index (χ0) is 14.5. The molecule has 0 aromatic heterocycles. The molecule has 1 saturated carbocycles. The summed E-state index contributed by atoms with van der Waals surface area (Å²) >= 11 is 5.93. The van der Waals surface area contributed by atoms with Gasteiger partial charge in [-0.25, -0.2) is 0 Å². The van der Waals surface area contributed by atoms with E-state index in [1.807, 2.05) is 31.3 Å². The molecule has 5 heteroatoms. The molecule has 0 saturated heterocycles. The summed E-state index contributed by atoms with van der Waals surface area (Å²) in [7, 11) is 1.92. The average Bonchev–Trinajstić information content (AvgIpc) is 3.24. The standard InChI is InChI=1S/C16H23ClN2O.ClH/c1-12(13-5-7-14(17)8-6-13)19(15-9-10-15)16(20)4-3-11-18-2;/h5-8,12,15,18H,3-4,9-11H2,1-2H3;1H. The molecular formula is C16H24Cl2N2O. The van der Waals surface area contributed by atoms with E-state index in [1.54, 1.807) is 0 Å². The first-order valence-electron chi connectivity index (χ1n) is 7.34. The molecule has 1 unspecified atom stereocenters. The summed E-state index contributed by atoms with van der Waals surface area (Å²) in [4.78, 5) is 14.5. The van der Waals surface area contributed by atoms with Crippen LogP contribution in [0.2, 0.25) is 5.02 Å². The third kappa shape index (κ3) is 5.17. The van der Waals surface area contributed by atoms with Crippen LogP contribution in [0.25, 0.3) is 0 Å². The maximum Gasteiger partial charge on any atom is 0.223 e. The number of hydrogen-bond acceptors (Lipinski definition) is 2. The number of nitrogens with one attached hydrogen (secondary N) is 1. The quantitative estimate of drug-likeness (QED) is 0.771. The van der Waals surface area contributed by atoms with Gasteiger partial charge in [0, 0.05) is 17.5 Å². The van der Waals surface area contributed by atoms with Crippen LogP contribution in [0.4, 0.5) is 0 Å². The number of carbonyl (C=O) groups is 1. The Morgan fingerprint density at radius 1 is 1.38 bits per heavy atom. The Kier molecular flexibility index (Phi) is 7.50. The molecule has 0 spiro atoms. The molecule has 1 aromatic rings. The molecule has 1 aliphatic rings. The van der Waals surface area contributed by atoms with Crippen LogP contribution >= 0.6 is 24.0 Å². The van der Waals surface area contributed by atoms with Crippen molar-refractivity contribution in [3.8, 4) is 0 Å². The van der Waals surface area contributed by atoms with Crippen molar-refractivity contribution < 1.29 is 4.79 Å². The predicted molar refractivity (Wildman–Crippen MR) is 90.1 cm³/mol. The summed E-state index contributed by atoms with van der Waals surface area (Å²) in [6, 6.07) is 8.38. The summed E-state index contributed by atoms with van der Waals surface area (Å²) in [5, 5.41) is 3.82. The number of carbonyl (C=O) groups excluding carboxylic acids is 1. The topological polar surface area (TPSA) is 32.3 Å². The van der Waals surface area contributed by atoms with Crippen LogP contribution in [0.1, 0.15) is 44.2 Å². The third-order valence-electron chi connectivity index (χ3n) is 3.82. The van der Waals surface area contributed by atoms with Crippen LogP contribution in [0.5, 0.6) is 0 Å². The summed E-state index contributed by atoms with van der Waals surface area (Å²) in [6.07, 6.45) is 3.78. The molecular weight excluding hydrogens is 307 g/mol. The second kappa shape index (κ2) is 8.62. The molecule has 1 aliphatic carbocycles. The number of hydrogen-bond donors (Lipinski definition) is 1. The molecule has 0 aliphatic heterocycles. The van der Waals surface area contributed by atoms with Crippen molar-refractivity contribution in [2.24, 2.45) is 0 Å². The van der Waals surface area contributed by atoms with Crippen molar-refractivity contribution >= 4 is 29.9 Å². The third-order valence-corrected chi connectivity index (χ3v) is 4.07. The van der Waals surface area contributed by atoms with E-state index >= 15 is 0 Å². The van der Waals surface area contributed by atoms with E-state index in [0.717, 1.165) is 36.4 Å². The molecule has 21 heavy (non-hydrogen) atoms. The lowest BCUT2D eigenvalue weighted by molar-refractivity contribution is -0.134. The monoisotopic (exact) mass is 330 g/mol. The first-order valence-corrected chi connectivity index (χ1v) is 7.72. The first-order chi connectivity index (χ1) is 9.63. The Hall–Kier alpha value is -0.770. The Bertz CT molecular complexity index is 446. The molecule has 0 bridgehead atoms. The van der Waals surface area contributed by atoms with Crippen molar-refractivity contribution in [3.63, 3.8) is 0 Å². The first kappa shape index (κ1) is 18.3. The minimum absolute atomic E-state index is 0.